The summed E-state index contributed by atoms with van der Waals surface area (Å²) in [5.41, 5.74) is 0.531. The van der Waals surface area contributed by atoms with Crippen molar-refractivity contribution in [2.75, 3.05) is 0 Å². The minimum atomic E-state index is -4.40. The Balaban J connectivity index is 1.44. The zero-order chi connectivity index (χ0) is 26.4. The van der Waals surface area contributed by atoms with E-state index in [1.54, 1.807) is 24.4 Å². The van der Waals surface area contributed by atoms with Crippen molar-refractivity contribution in [3.63, 3.8) is 0 Å². The molecule has 0 unspecified atom stereocenters. The number of cyclic esters (lactones) is 1. The summed E-state index contributed by atoms with van der Waals surface area (Å²) in [6.07, 6.45) is 6.26. The fourth-order valence-electron chi connectivity index (χ4n) is 6.83. The number of esters is 1. The van der Waals surface area contributed by atoms with Gasteiger partial charge in [-0.1, -0.05) is 35.2 Å². The lowest BCUT2D eigenvalue weighted by atomic mass is 9.52. The molecule has 2 saturated carbocycles. The van der Waals surface area contributed by atoms with Crippen LogP contribution in [0.1, 0.15) is 43.9 Å². The van der Waals surface area contributed by atoms with Gasteiger partial charge in [-0.2, -0.15) is 13.2 Å². The summed E-state index contributed by atoms with van der Waals surface area (Å²) in [5, 5.41) is 0. The van der Waals surface area contributed by atoms with Gasteiger partial charge in [0.05, 0.1) is 23.1 Å². The maximum absolute atomic E-state index is 13.1. The van der Waals surface area contributed by atoms with Gasteiger partial charge in [-0.05, 0) is 61.9 Å². The molecule has 37 heavy (non-hydrogen) atoms. The van der Waals surface area contributed by atoms with Gasteiger partial charge in [0.1, 0.15) is 6.10 Å². The number of fused-ring (bicyclic) bond motifs is 2. The lowest BCUT2D eigenvalue weighted by Crippen LogP contribution is -2.55. The highest BCUT2D eigenvalue weighted by Crippen LogP contribution is 2.58. The molecule has 1 aromatic carbocycles. The van der Waals surface area contributed by atoms with Gasteiger partial charge in [0, 0.05) is 30.0 Å². The van der Waals surface area contributed by atoms with Crippen molar-refractivity contribution in [1.29, 1.82) is 0 Å². The third-order valence-electron chi connectivity index (χ3n) is 8.71. The number of halogens is 3. The van der Waals surface area contributed by atoms with E-state index in [0.29, 0.717) is 29.2 Å². The van der Waals surface area contributed by atoms with Gasteiger partial charge in [-0.3, -0.25) is 9.78 Å². The molecule has 0 spiro atoms. The van der Waals surface area contributed by atoms with Crippen molar-refractivity contribution < 1.29 is 22.7 Å². The molecular formula is C30H30F3N2O2+. The molecule has 1 aromatic heterocycles. The smallest absolute Gasteiger partial charge is 0.416 e. The fourth-order valence-corrected chi connectivity index (χ4v) is 6.83. The Labute approximate surface area is 215 Å². The van der Waals surface area contributed by atoms with E-state index in [-0.39, 0.29) is 35.7 Å². The molecule has 3 fully saturated rings. The van der Waals surface area contributed by atoms with Crippen molar-refractivity contribution in [2.24, 2.45) is 29.6 Å². The molecule has 192 valence electrons. The maximum Gasteiger partial charge on any atom is 0.416 e. The number of pyridine rings is 1. The Morgan fingerprint density at radius 2 is 2.03 bits per heavy atom. The van der Waals surface area contributed by atoms with Crippen LogP contribution in [0.25, 0.3) is 22.0 Å². The first-order valence-electron chi connectivity index (χ1n) is 12.7. The van der Waals surface area contributed by atoms with E-state index in [9.17, 15) is 18.0 Å². The van der Waals surface area contributed by atoms with Crippen LogP contribution in [0.4, 0.5) is 13.2 Å². The minimum absolute atomic E-state index is 0.0306. The molecule has 1 saturated heterocycles. The van der Waals surface area contributed by atoms with Crippen LogP contribution in [0.2, 0.25) is 0 Å². The maximum atomic E-state index is 13.1. The molecule has 2 heterocycles. The Kier molecular flexibility index (Phi) is 6.47. The van der Waals surface area contributed by atoms with Crippen LogP contribution in [-0.4, -0.2) is 22.6 Å². The molecule has 5 rings (SSSR count). The molecule has 0 amide bonds. The van der Waals surface area contributed by atoms with Crippen LogP contribution in [-0.2, 0) is 15.7 Å². The molecule has 2 aromatic rings. The number of hydrogen-bond donors (Lipinski definition) is 0. The summed E-state index contributed by atoms with van der Waals surface area (Å²) in [4.78, 5) is 21.7. The SMILES string of the molecule is C#[N+][C@@]12CC[C@@H](C=C)C[C@H]1C[C@H]1C(=O)O[C@H](C)[C@H]1[C@H]2/C=C/c1ccc(-c2cccc(C(F)(F)F)c2)cn1. The largest absolute Gasteiger partial charge is 0.462 e. The van der Waals surface area contributed by atoms with Gasteiger partial charge in [0.25, 0.3) is 12.1 Å². The number of nitrogens with zero attached hydrogens (tertiary/aromatic N) is 2. The number of carbonyl (C=O) groups excluding carboxylic acids is 1. The average molecular weight is 508 g/mol. The summed E-state index contributed by atoms with van der Waals surface area (Å²) in [6, 6.07) is 8.75. The van der Waals surface area contributed by atoms with Gasteiger partial charge >= 0.3 is 12.1 Å². The van der Waals surface area contributed by atoms with E-state index < -0.39 is 17.3 Å². The van der Waals surface area contributed by atoms with E-state index in [1.807, 2.05) is 19.1 Å². The monoisotopic (exact) mass is 507 g/mol. The number of benzene rings is 1. The fraction of sp³-hybridized carbons (Fsp3) is 0.433. The van der Waals surface area contributed by atoms with E-state index in [1.165, 1.54) is 6.07 Å². The predicted octanol–water partition coefficient (Wildman–Crippen LogP) is 7.28. The molecule has 0 radical (unpaired) electrons. The second-order valence-corrected chi connectivity index (χ2v) is 10.6. The Morgan fingerprint density at radius 3 is 2.70 bits per heavy atom. The standard InChI is InChI=1S/C30H30F3N2O2/c1-4-19-12-13-29(34-3)23(14-19)16-25-27(18(2)37-28(25)36)26(29)11-10-24-9-8-21(17-35-24)20-6-5-7-22(15-20)30(31,32)33/h3-11,15,17-19,23,25-27H,1,12-14,16H2,2H3/q+1/b11-10+/t18-,19-,23+,25-,26-,27-,29+/m1/s1. The Bertz CT molecular complexity index is 1260. The number of rotatable bonds is 4. The van der Waals surface area contributed by atoms with Crippen LogP contribution < -0.4 is 0 Å². The normalized spacial score (nSPS) is 33.3. The molecule has 0 N–H and O–H groups in total. The Hall–Kier alpha value is -3.40. The van der Waals surface area contributed by atoms with Crippen molar-refractivity contribution in [3.05, 3.63) is 77.4 Å². The summed E-state index contributed by atoms with van der Waals surface area (Å²) in [6.45, 7) is 12.0. The molecule has 2 aliphatic carbocycles. The van der Waals surface area contributed by atoms with Crippen LogP contribution in [0, 0.1) is 36.2 Å². The van der Waals surface area contributed by atoms with E-state index in [0.717, 1.165) is 31.4 Å². The molecule has 0 bridgehead atoms. The van der Waals surface area contributed by atoms with Crippen LogP contribution in [0.5, 0.6) is 0 Å². The molecule has 4 nitrogen and oxygen atoms in total. The second-order valence-electron chi connectivity index (χ2n) is 10.6. The van der Waals surface area contributed by atoms with E-state index >= 15 is 0 Å². The average Bonchev–Trinajstić information content (AvgIpc) is 3.18. The van der Waals surface area contributed by atoms with Crippen molar-refractivity contribution in [1.82, 2.24) is 4.98 Å². The predicted molar refractivity (Wildman–Crippen MR) is 136 cm³/mol. The number of carbonyl (C=O) groups is 1. The summed E-state index contributed by atoms with van der Waals surface area (Å²) in [5.74, 6) is 0.0609. The third kappa shape index (κ3) is 4.47. The Morgan fingerprint density at radius 1 is 1.22 bits per heavy atom. The molecular weight excluding hydrogens is 477 g/mol. The van der Waals surface area contributed by atoms with Gasteiger partial charge in [-0.25, -0.2) is 0 Å². The highest BCUT2D eigenvalue weighted by atomic mass is 19.4. The van der Waals surface area contributed by atoms with Gasteiger partial charge in [-0.15, -0.1) is 6.58 Å². The van der Waals surface area contributed by atoms with Gasteiger partial charge in [0.2, 0.25) is 0 Å². The number of aromatic nitrogens is 1. The van der Waals surface area contributed by atoms with Crippen LogP contribution in [0.15, 0.2) is 61.3 Å². The molecule has 7 atom stereocenters. The zero-order valence-corrected chi connectivity index (χ0v) is 20.7. The number of allylic oxidation sites excluding steroid dienone is 1. The molecule has 1 aliphatic heterocycles. The summed E-state index contributed by atoms with van der Waals surface area (Å²) < 4.78 is 45.0. The quantitative estimate of drug-likeness (QED) is 0.323. The zero-order valence-electron chi connectivity index (χ0n) is 20.7. The molecule has 3 aliphatic rings. The lowest BCUT2D eigenvalue weighted by molar-refractivity contribution is -0.144. The minimum Gasteiger partial charge on any atom is -0.462 e. The van der Waals surface area contributed by atoms with Crippen molar-refractivity contribution >= 4 is 12.0 Å². The highest BCUT2D eigenvalue weighted by molar-refractivity contribution is 5.76. The van der Waals surface area contributed by atoms with E-state index in [4.69, 9.17) is 11.3 Å². The highest BCUT2D eigenvalue weighted by Gasteiger charge is 2.67. The van der Waals surface area contributed by atoms with E-state index in [2.05, 4.69) is 22.5 Å². The number of alkyl halides is 3. The number of ether oxygens (including phenoxy) is 1. The lowest BCUT2D eigenvalue weighted by Gasteiger charge is -2.46. The van der Waals surface area contributed by atoms with Crippen LogP contribution in [0.3, 0.4) is 0 Å². The van der Waals surface area contributed by atoms with Crippen molar-refractivity contribution in [3.8, 4) is 17.7 Å². The number of hydrogen-bond acceptors (Lipinski definition) is 3. The topological polar surface area (TPSA) is 43.5 Å². The van der Waals surface area contributed by atoms with Gasteiger partial charge in [0.15, 0.2) is 0 Å². The van der Waals surface area contributed by atoms with Gasteiger partial charge < -0.3 is 4.74 Å². The second kappa shape index (κ2) is 9.48. The first-order valence-corrected chi connectivity index (χ1v) is 12.7. The van der Waals surface area contributed by atoms with Crippen LogP contribution >= 0.6 is 0 Å². The van der Waals surface area contributed by atoms with Crippen molar-refractivity contribution in [2.45, 2.75) is 50.4 Å². The first-order chi connectivity index (χ1) is 17.7. The third-order valence-corrected chi connectivity index (χ3v) is 8.71. The molecule has 7 heteroatoms. The summed E-state index contributed by atoms with van der Waals surface area (Å²) >= 11 is 0. The summed E-state index contributed by atoms with van der Waals surface area (Å²) in [7, 11) is 0. The first kappa shape index (κ1) is 25.3.